The number of carbonyl (C=O) groups is 1. The van der Waals surface area contributed by atoms with Crippen molar-refractivity contribution in [1.29, 1.82) is 0 Å². The molecule has 114 valence electrons. The molecule has 21 heavy (non-hydrogen) atoms. The fourth-order valence-corrected chi connectivity index (χ4v) is 2.14. The van der Waals surface area contributed by atoms with Crippen LogP contribution in [0.1, 0.15) is 43.0 Å². The second kappa shape index (κ2) is 5.05. The Bertz CT molecular complexity index is 689. The minimum atomic E-state index is -4.59. The minimum Gasteiger partial charge on any atom is -0.478 e. The molecule has 4 nitrogen and oxygen atoms in total. The summed E-state index contributed by atoms with van der Waals surface area (Å²) in [6, 6.07) is 3.33. The van der Waals surface area contributed by atoms with Crippen LogP contribution in [0.5, 0.6) is 0 Å². The second-order valence-corrected chi connectivity index (χ2v) is 5.30. The van der Waals surface area contributed by atoms with Crippen LogP contribution in [-0.4, -0.2) is 20.6 Å². The van der Waals surface area contributed by atoms with Gasteiger partial charge in [0.1, 0.15) is 0 Å². The van der Waals surface area contributed by atoms with Crippen LogP contribution in [-0.2, 0) is 6.18 Å². The van der Waals surface area contributed by atoms with Crippen molar-refractivity contribution in [2.75, 3.05) is 0 Å². The Labute approximate surface area is 119 Å². The molecule has 0 spiro atoms. The first-order valence-corrected chi connectivity index (χ1v) is 6.45. The predicted molar refractivity (Wildman–Crippen MR) is 71.2 cm³/mol. The van der Waals surface area contributed by atoms with Crippen LogP contribution in [0.3, 0.4) is 0 Å². The Morgan fingerprint density at radius 1 is 1.29 bits per heavy atom. The van der Waals surface area contributed by atoms with E-state index in [0.717, 1.165) is 4.57 Å². The van der Waals surface area contributed by atoms with Gasteiger partial charge in [-0.2, -0.15) is 13.2 Å². The van der Waals surface area contributed by atoms with Crippen molar-refractivity contribution in [3.63, 3.8) is 0 Å². The summed E-state index contributed by atoms with van der Waals surface area (Å²) in [6.07, 6.45) is -4.59. The lowest BCUT2D eigenvalue weighted by molar-refractivity contribution is -0.147. The zero-order valence-corrected chi connectivity index (χ0v) is 11.8. The van der Waals surface area contributed by atoms with E-state index in [1.807, 2.05) is 0 Å². The van der Waals surface area contributed by atoms with Crippen LogP contribution in [0.15, 0.2) is 18.2 Å². The second-order valence-electron chi connectivity index (χ2n) is 5.30. The molecule has 7 heteroatoms. The molecule has 0 amide bonds. The van der Waals surface area contributed by atoms with Gasteiger partial charge >= 0.3 is 12.1 Å². The third-order valence-corrected chi connectivity index (χ3v) is 3.56. The maximum absolute atomic E-state index is 13.2. The molecule has 0 aliphatic rings. The number of carboxylic acid groups (broad SMARTS) is 1. The first-order valence-electron chi connectivity index (χ1n) is 6.45. The number of rotatable bonds is 3. The van der Waals surface area contributed by atoms with E-state index in [-0.39, 0.29) is 22.5 Å². The topological polar surface area (TPSA) is 55.1 Å². The van der Waals surface area contributed by atoms with Gasteiger partial charge in [0.05, 0.1) is 16.6 Å². The van der Waals surface area contributed by atoms with E-state index < -0.39 is 24.0 Å². The quantitative estimate of drug-likeness (QED) is 0.933. The average Bonchev–Trinajstić information content (AvgIpc) is 2.75. The van der Waals surface area contributed by atoms with Gasteiger partial charge in [-0.15, -0.1) is 0 Å². The number of aromatic carboxylic acids is 1. The predicted octanol–water partition coefficient (Wildman–Crippen LogP) is 3.97. The van der Waals surface area contributed by atoms with Crippen LogP contribution in [0.4, 0.5) is 13.2 Å². The van der Waals surface area contributed by atoms with Gasteiger partial charge in [-0.25, -0.2) is 9.78 Å². The van der Waals surface area contributed by atoms with Gasteiger partial charge in [0.15, 0.2) is 0 Å². The molecule has 0 radical (unpaired) electrons. The standard InChI is InChI=1S/C14H15F3N2O2/c1-7(2)8(3)19-11-6-9(12(20)21)4-5-10(11)18-13(19)14(15,16)17/h4-8H,1-3H3,(H,20,21). The summed E-state index contributed by atoms with van der Waals surface area (Å²) in [6.45, 7) is 5.27. The molecule has 1 N–H and O–H groups in total. The Hall–Kier alpha value is -2.05. The molecule has 1 aromatic carbocycles. The van der Waals surface area contributed by atoms with Crippen molar-refractivity contribution in [2.24, 2.45) is 5.92 Å². The number of hydrogen-bond donors (Lipinski definition) is 1. The van der Waals surface area contributed by atoms with Crippen molar-refractivity contribution >= 4 is 17.0 Å². The summed E-state index contributed by atoms with van der Waals surface area (Å²) >= 11 is 0. The number of imidazole rings is 1. The van der Waals surface area contributed by atoms with Gasteiger partial charge in [0.2, 0.25) is 5.82 Å². The Balaban J connectivity index is 2.79. The molecule has 0 aliphatic carbocycles. The maximum Gasteiger partial charge on any atom is 0.449 e. The van der Waals surface area contributed by atoms with Gasteiger partial charge < -0.3 is 9.67 Å². The molecule has 0 saturated carbocycles. The molecule has 0 aliphatic heterocycles. The number of nitrogens with zero attached hydrogens (tertiary/aromatic N) is 2. The molecule has 2 rings (SSSR count). The highest BCUT2D eigenvalue weighted by Crippen LogP contribution is 2.35. The van der Waals surface area contributed by atoms with Crippen LogP contribution in [0.2, 0.25) is 0 Å². The molecule has 1 atom stereocenters. The van der Waals surface area contributed by atoms with E-state index in [0.29, 0.717) is 0 Å². The fraction of sp³-hybridized carbons (Fsp3) is 0.429. The number of fused-ring (bicyclic) bond motifs is 1. The zero-order chi connectivity index (χ0) is 15.9. The molecular formula is C14H15F3N2O2. The summed E-state index contributed by atoms with van der Waals surface area (Å²) in [4.78, 5) is 14.6. The highest BCUT2D eigenvalue weighted by Gasteiger charge is 2.39. The molecule has 0 saturated heterocycles. The van der Waals surface area contributed by atoms with Crippen molar-refractivity contribution in [3.8, 4) is 0 Å². The van der Waals surface area contributed by atoms with Gasteiger partial charge in [0, 0.05) is 6.04 Å². The fourth-order valence-electron chi connectivity index (χ4n) is 2.14. The SMILES string of the molecule is CC(C)C(C)n1c(C(F)(F)F)nc2ccc(C(=O)O)cc21. The normalized spacial score (nSPS) is 13.9. The van der Waals surface area contributed by atoms with E-state index in [1.54, 1.807) is 20.8 Å². The van der Waals surface area contributed by atoms with E-state index in [1.165, 1.54) is 18.2 Å². The maximum atomic E-state index is 13.2. The third kappa shape index (κ3) is 2.72. The summed E-state index contributed by atoms with van der Waals surface area (Å²) in [5.74, 6) is -2.24. The van der Waals surface area contributed by atoms with E-state index >= 15 is 0 Å². The average molecular weight is 300 g/mol. The molecule has 0 bridgehead atoms. The number of alkyl halides is 3. The summed E-state index contributed by atoms with van der Waals surface area (Å²) in [5.41, 5.74) is 0.261. The number of carboxylic acids is 1. The van der Waals surface area contributed by atoms with Crippen LogP contribution in [0.25, 0.3) is 11.0 Å². The largest absolute Gasteiger partial charge is 0.478 e. The molecule has 1 heterocycles. The zero-order valence-electron chi connectivity index (χ0n) is 11.8. The lowest BCUT2D eigenvalue weighted by Gasteiger charge is -2.22. The third-order valence-electron chi connectivity index (χ3n) is 3.56. The van der Waals surface area contributed by atoms with Gasteiger partial charge in [-0.1, -0.05) is 13.8 Å². The van der Waals surface area contributed by atoms with E-state index in [9.17, 15) is 18.0 Å². The Morgan fingerprint density at radius 2 is 1.90 bits per heavy atom. The minimum absolute atomic E-state index is 0.0583. The van der Waals surface area contributed by atoms with Crippen molar-refractivity contribution in [2.45, 2.75) is 33.0 Å². The van der Waals surface area contributed by atoms with Crippen LogP contribution < -0.4 is 0 Å². The first-order chi connectivity index (χ1) is 9.62. The van der Waals surface area contributed by atoms with Gasteiger partial charge in [0.25, 0.3) is 0 Å². The number of aromatic nitrogens is 2. The first kappa shape index (κ1) is 15.3. The van der Waals surface area contributed by atoms with Crippen molar-refractivity contribution < 1.29 is 23.1 Å². The lowest BCUT2D eigenvalue weighted by atomic mass is 10.1. The van der Waals surface area contributed by atoms with Gasteiger partial charge in [-0.3, -0.25) is 0 Å². The summed E-state index contributed by atoms with van der Waals surface area (Å²) in [7, 11) is 0. The Morgan fingerprint density at radius 3 is 2.38 bits per heavy atom. The van der Waals surface area contributed by atoms with Crippen LogP contribution in [0, 0.1) is 5.92 Å². The van der Waals surface area contributed by atoms with Crippen molar-refractivity contribution in [1.82, 2.24) is 9.55 Å². The highest BCUT2D eigenvalue weighted by atomic mass is 19.4. The number of benzene rings is 1. The molecule has 1 aromatic heterocycles. The molecule has 0 fully saturated rings. The Kier molecular flexibility index (Phi) is 3.69. The number of hydrogen-bond acceptors (Lipinski definition) is 2. The molecule has 1 unspecified atom stereocenters. The van der Waals surface area contributed by atoms with Crippen molar-refractivity contribution in [3.05, 3.63) is 29.6 Å². The highest BCUT2D eigenvalue weighted by molar-refractivity contribution is 5.92. The lowest BCUT2D eigenvalue weighted by Crippen LogP contribution is -2.20. The van der Waals surface area contributed by atoms with E-state index in [2.05, 4.69) is 4.98 Å². The molecular weight excluding hydrogens is 285 g/mol. The van der Waals surface area contributed by atoms with E-state index in [4.69, 9.17) is 5.11 Å². The molecule has 2 aromatic rings. The number of halogens is 3. The smallest absolute Gasteiger partial charge is 0.449 e. The summed E-state index contributed by atoms with van der Waals surface area (Å²) in [5, 5.41) is 9.00. The monoisotopic (exact) mass is 300 g/mol. The summed E-state index contributed by atoms with van der Waals surface area (Å²) < 4.78 is 40.6. The van der Waals surface area contributed by atoms with Gasteiger partial charge in [-0.05, 0) is 31.0 Å². The van der Waals surface area contributed by atoms with Crippen LogP contribution >= 0.6 is 0 Å².